The van der Waals surface area contributed by atoms with E-state index in [-0.39, 0.29) is 24.5 Å². The number of esters is 1. The van der Waals surface area contributed by atoms with Gasteiger partial charge in [-0.3, -0.25) is 9.59 Å². The summed E-state index contributed by atoms with van der Waals surface area (Å²) < 4.78 is 13.4. The lowest BCUT2D eigenvalue weighted by atomic mass is 9.73. The molecule has 2 aromatic heterocycles. The number of cyclic esters (lactones) is 1. The third kappa shape index (κ3) is 5.03. The maximum Gasteiger partial charge on any atom is 0.317 e. The summed E-state index contributed by atoms with van der Waals surface area (Å²) in [6, 6.07) is 5.94. The molecule has 3 heterocycles. The fraction of sp³-hybridized carbons (Fsp3) is 0.552. The molecule has 1 saturated carbocycles. The van der Waals surface area contributed by atoms with Crippen LogP contribution in [0.3, 0.4) is 0 Å². The topological polar surface area (TPSA) is 95.7 Å². The Hall–Kier alpha value is -3.00. The molecule has 1 aliphatic carbocycles. The van der Waals surface area contributed by atoms with Crippen LogP contribution >= 0.6 is 11.6 Å². The van der Waals surface area contributed by atoms with Gasteiger partial charge in [-0.1, -0.05) is 37.4 Å². The average molecular weight is 539 g/mol. The predicted molar refractivity (Wildman–Crippen MR) is 144 cm³/mol. The van der Waals surface area contributed by atoms with Crippen molar-refractivity contribution in [1.29, 1.82) is 0 Å². The van der Waals surface area contributed by atoms with Gasteiger partial charge in [-0.15, -0.1) is 5.10 Å². The number of nitrogens with zero attached hydrogens (tertiary/aromatic N) is 4. The van der Waals surface area contributed by atoms with Crippen LogP contribution in [0, 0.1) is 25.7 Å². The minimum Gasteiger partial charge on any atom is -0.495 e. The van der Waals surface area contributed by atoms with E-state index in [2.05, 4.69) is 28.1 Å². The van der Waals surface area contributed by atoms with Crippen LogP contribution in [0.4, 0.5) is 0 Å². The van der Waals surface area contributed by atoms with Gasteiger partial charge in [-0.2, -0.15) is 4.98 Å². The summed E-state index contributed by atoms with van der Waals surface area (Å²) in [7, 11) is 1.62. The molecule has 2 unspecified atom stereocenters. The number of benzene rings is 1. The molecular formula is C29H35ClN4O4. The molecule has 38 heavy (non-hydrogen) atoms. The summed E-state index contributed by atoms with van der Waals surface area (Å²) in [6.45, 7) is 5.89. The van der Waals surface area contributed by atoms with Gasteiger partial charge >= 0.3 is 5.97 Å². The third-order valence-electron chi connectivity index (χ3n) is 8.20. The number of aromatic nitrogens is 4. The highest BCUT2D eigenvalue weighted by Crippen LogP contribution is 2.45. The van der Waals surface area contributed by atoms with Crippen molar-refractivity contribution in [3.8, 4) is 5.75 Å². The number of aryl methyl sites for hydroxylation is 4. The van der Waals surface area contributed by atoms with E-state index < -0.39 is 17.5 Å². The normalized spacial score (nSPS) is 22.3. The van der Waals surface area contributed by atoms with Gasteiger partial charge in [0.1, 0.15) is 17.3 Å². The van der Waals surface area contributed by atoms with Gasteiger partial charge in [0.25, 0.3) is 5.78 Å². The van der Waals surface area contributed by atoms with Crippen molar-refractivity contribution in [3.05, 3.63) is 51.6 Å². The molecule has 3 aromatic rings. The summed E-state index contributed by atoms with van der Waals surface area (Å²) in [6.07, 6.45) is 6.50. The highest BCUT2D eigenvalue weighted by molar-refractivity contribution is 6.32. The number of carbonyl (C=O) groups excluding carboxylic acids is 2. The Balaban J connectivity index is 1.37. The average Bonchev–Trinajstić information content (AvgIpc) is 3.55. The second-order valence-electron chi connectivity index (χ2n) is 10.8. The number of ether oxygens (including phenoxy) is 2. The molecule has 0 spiro atoms. The molecule has 202 valence electrons. The van der Waals surface area contributed by atoms with Crippen molar-refractivity contribution in [2.45, 2.75) is 84.2 Å². The number of hydrogen-bond acceptors (Lipinski definition) is 7. The SMILES string of the molecule is CCc1cc(CCC2(C3CCCC3)CC(=O)C(Cc3nc4nc(C)cc(C)n4n3)C(=O)O2)cc(Cl)c1OC. The number of halogens is 1. The predicted octanol–water partition coefficient (Wildman–Crippen LogP) is 5.20. The molecule has 2 fully saturated rings. The number of ketones is 1. The fourth-order valence-corrected chi connectivity index (χ4v) is 6.60. The van der Waals surface area contributed by atoms with Gasteiger partial charge in [0.15, 0.2) is 11.6 Å². The molecule has 9 heteroatoms. The zero-order chi connectivity index (χ0) is 27.0. The van der Waals surface area contributed by atoms with E-state index in [0.717, 1.165) is 54.6 Å². The Morgan fingerprint density at radius 2 is 1.92 bits per heavy atom. The van der Waals surface area contributed by atoms with Crippen LogP contribution in [0.2, 0.25) is 5.02 Å². The van der Waals surface area contributed by atoms with E-state index in [4.69, 9.17) is 21.1 Å². The Labute approximate surface area is 228 Å². The van der Waals surface area contributed by atoms with Crippen molar-refractivity contribution in [3.63, 3.8) is 0 Å². The first-order valence-electron chi connectivity index (χ1n) is 13.5. The quantitative estimate of drug-likeness (QED) is 0.287. The maximum absolute atomic E-state index is 13.6. The molecule has 0 N–H and O–H groups in total. The summed E-state index contributed by atoms with van der Waals surface area (Å²) in [5.41, 5.74) is 3.05. The van der Waals surface area contributed by atoms with E-state index in [1.54, 1.807) is 11.6 Å². The van der Waals surface area contributed by atoms with Crippen molar-refractivity contribution in [2.75, 3.05) is 7.11 Å². The Morgan fingerprint density at radius 1 is 1.16 bits per heavy atom. The molecule has 1 aliphatic heterocycles. The first-order valence-corrected chi connectivity index (χ1v) is 13.9. The third-order valence-corrected chi connectivity index (χ3v) is 8.48. The van der Waals surface area contributed by atoms with Crippen molar-refractivity contribution >= 4 is 29.1 Å². The maximum atomic E-state index is 13.6. The summed E-state index contributed by atoms with van der Waals surface area (Å²) >= 11 is 6.50. The number of Topliss-reactive ketones (excluding diaryl/α,β-unsaturated/α-hetero) is 1. The monoisotopic (exact) mass is 538 g/mol. The first-order chi connectivity index (χ1) is 18.2. The smallest absolute Gasteiger partial charge is 0.317 e. The largest absolute Gasteiger partial charge is 0.495 e. The van der Waals surface area contributed by atoms with Crippen LogP contribution in [0.25, 0.3) is 5.78 Å². The van der Waals surface area contributed by atoms with E-state index in [1.807, 2.05) is 26.0 Å². The fourth-order valence-electron chi connectivity index (χ4n) is 6.26. The number of methoxy groups -OCH3 is 1. The summed E-state index contributed by atoms with van der Waals surface area (Å²) in [5.74, 6) is 0.328. The van der Waals surface area contributed by atoms with Crippen molar-refractivity contribution in [2.24, 2.45) is 11.8 Å². The van der Waals surface area contributed by atoms with E-state index in [0.29, 0.717) is 35.2 Å². The van der Waals surface area contributed by atoms with Gasteiger partial charge in [0.05, 0.1) is 12.1 Å². The van der Waals surface area contributed by atoms with Crippen LogP contribution in [0.15, 0.2) is 18.2 Å². The number of fused-ring (bicyclic) bond motifs is 1. The Kier molecular flexibility index (Phi) is 7.45. The van der Waals surface area contributed by atoms with Crippen LogP contribution in [0.1, 0.15) is 73.8 Å². The van der Waals surface area contributed by atoms with Crippen LogP contribution in [-0.4, -0.2) is 44.0 Å². The number of hydrogen-bond donors (Lipinski definition) is 0. The van der Waals surface area contributed by atoms with Gasteiger partial charge in [0.2, 0.25) is 0 Å². The summed E-state index contributed by atoms with van der Waals surface area (Å²) in [5, 5.41) is 5.08. The molecule has 0 bridgehead atoms. The van der Waals surface area contributed by atoms with E-state index in [1.165, 1.54) is 0 Å². The number of rotatable bonds is 8. The Bertz CT molecular complexity index is 1360. The molecule has 1 saturated heterocycles. The molecule has 2 atom stereocenters. The number of carbonyl (C=O) groups is 2. The van der Waals surface area contributed by atoms with Crippen LogP contribution < -0.4 is 4.74 Å². The van der Waals surface area contributed by atoms with Crippen LogP contribution in [0.5, 0.6) is 5.75 Å². The molecule has 2 aliphatic rings. The molecular weight excluding hydrogens is 504 g/mol. The zero-order valence-electron chi connectivity index (χ0n) is 22.6. The van der Waals surface area contributed by atoms with Crippen molar-refractivity contribution < 1.29 is 19.1 Å². The standard InChI is InChI=1S/C29H35ClN4O4/c1-5-20-13-19(14-23(30)26(20)37-4)10-11-29(21-8-6-7-9-21)16-24(35)22(27(36)38-29)15-25-32-28-31-17(2)12-18(3)34(28)33-25/h12-14,21-22H,5-11,15-16H2,1-4H3. The lowest BCUT2D eigenvalue weighted by Crippen LogP contribution is -2.52. The van der Waals surface area contributed by atoms with Gasteiger partial charge in [0, 0.05) is 24.2 Å². The zero-order valence-corrected chi connectivity index (χ0v) is 23.3. The second kappa shape index (κ2) is 10.6. The van der Waals surface area contributed by atoms with Crippen LogP contribution in [-0.2, 0) is 33.6 Å². The highest BCUT2D eigenvalue weighted by Gasteiger charge is 2.51. The lowest BCUT2D eigenvalue weighted by Gasteiger charge is -2.43. The summed E-state index contributed by atoms with van der Waals surface area (Å²) in [4.78, 5) is 35.9. The van der Waals surface area contributed by atoms with E-state index in [9.17, 15) is 9.59 Å². The minimum absolute atomic E-state index is 0.0881. The molecule has 8 nitrogen and oxygen atoms in total. The van der Waals surface area contributed by atoms with Crippen molar-refractivity contribution in [1.82, 2.24) is 19.6 Å². The van der Waals surface area contributed by atoms with E-state index >= 15 is 0 Å². The lowest BCUT2D eigenvalue weighted by molar-refractivity contribution is -0.185. The first kappa shape index (κ1) is 26.6. The minimum atomic E-state index is -0.898. The molecule has 0 radical (unpaired) electrons. The van der Waals surface area contributed by atoms with Gasteiger partial charge < -0.3 is 9.47 Å². The molecule has 1 aromatic carbocycles. The Morgan fingerprint density at radius 3 is 2.61 bits per heavy atom. The van der Waals surface area contributed by atoms with Gasteiger partial charge in [-0.25, -0.2) is 9.50 Å². The van der Waals surface area contributed by atoms with Gasteiger partial charge in [-0.05, 0) is 75.1 Å². The molecule has 0 amide bonds. The molecule has 5 rings (SSSR count). The highest BCUT2D eigenvalue weighted by atomic mass is 35.5. The second-order valence-corrected chi connectivity index (χ2v) is 11.2.